The summed E-state index contributed by atoms with van der Waals surface area (Å²) in [6.45, 7) is 0.623. The van der Waals surface area contributed by atoms with Crippen LogP contribution in [0.5, 0.6) is 0 Å². The fraction of sp³-hybridized carbons (Fsp3) is 0.333. The maximum absolute atomic E-state index is 11.1. The number of hydrogen-bond acceptors (Lipinski definition) is 6. The first kappa shape index (κ1) is 23.6. The molecule has 6 atom stereocenters. The summed E-state index contributed by atoms with van der Waals surface area (Å²) in [6.07, 6.45) is -6.68. The van der Waals surface area contributed by atoms with Gasteiger partial charge in [0, 0.05) is 0 Å². The van der Waals surface area contributed by atoms with E-state index >= 15 is 0 Å². The fourth-order valence-corrected chi connectivity index (χ4v) is 4.05. The number of hydrogen-bond donors (Lipinski definition) is 3. The summed E-state index contributed by atoms with van der Waals surface area (Å²) < 4.78 is 17.9. The zero-order valence-corrected chi connectivity index (χ0v) is 18.3. The highest BCUT2D eigenvalue weighted by molar-refractivity contribution is 5.16. The van der Waals surface area contributed by atoms with Crippen LogP contribution in [-0.4, -0.2) is 51.9 Å². The summed E-state index contributed by atoms with van der Waals surface area (Å²) in [5, 5.41) is 32.8. The monoisotopic (exact) mass is 450 g/mol. The first-order chi connectivity index (χ1) is 16.1. The molecule has 0 amide bonds. The van der Waals surface area contributed by atoms with E-state index in [2.05, 4.69) is 0 Å². The maximum atomic E-state index is 11.1. The number of rotatable bonds is 9. The molecule has 0 bridgehead atoms. The minimum Gasteiger partial charge on any atom is -0.387 e. The van der Waals surface area contributed by atoms with Crippen molar-refractivity contribution < 1.29 is 29.5 Å². The van der Waals surface area contributed by atoms with E-state index in [1.807, 2.05) is 91.0 Å². The van der Waals surface area contributed by atoms with Crippen LogP contribution in [0.25, 0.3) is 0 Å². The Kier molecular flexibility index (Phi) is 8.23. The Labute approximate surface area is 194 Å². The van der Waals surface area contributed by atoms with Crippen molar-refractivity contribution in [3.8, 4) is 0 Å². The summed E-state index contributed by atoms with van der Waals surface area (Å²) in [5.74, 6) is 0. The molecule has 6 heteroatoms. The van der Waals surface area contributed by atoms with Gasteiger partial charge < -0.3 is 29.5 Å². The summed E-state index contributed by atoms with van der Waals surface area (Å²) in [4.78, 5) is 0. The molecule has 0 saturated heterocycles. The largest absolute Gasteiger partial charge is 0.387 e. The maximum Gasteiger partial charge on any atom is 0.115 e. The molecule has 0 spiro atoms. The van der Waals surface area contributed by atoms with Gasteiger partial charge in [0.05, 0.1) is 19.8 Å². The van der Waals surface area contributed by atoms with Crippen molar-refractivity contribution in [1.29, 1.82) is 0 Å². The van der Waals surface area contributed by atoms with Gasteiger partial charge in [-0.15, -0.1) is 0 Å². The van der Waals surface area contributed by atoms with Crippen LogP contribution in [0.4, 0.5) is 0 Å². The van der Waals surface area contributed by atoms with Gasteiger partial charge in [-0.05, 0) is 16.7 Å². The van der Waals surface area contributed by atoms with Gasteiger partial charge in [0.2, 0.25) is 0 Å². The molecule has 3 N–H and O–H groups in total. The Morgan fingerprint density at radius 3 is 1.12 bits per heavy atom. The molecule has 0 heterocycles. The summed E-state index contributed by atoms with van der Waals surface area (Å²) in [5.41, 5.74) is 2.74. The Balaban J connectivity index is 1.49. The van der Waals surface area contributed by atoms with Gasteiger partial charge in [-0.3, -0.25) is 0 Å². The third-order valence-electron chi connectivity index (χ3n) is 5.88. The van der Waals surface area contributed by atoms with E-state index in [1.165, 1.54) is 0 Å². The topological polar surface area (TPSA) is 88.4 Å². The molecule has 4 rings (SSSR count). The van der Waals surface area contributed by atoms with E-state index in [0.717, 1.165) is 16.7 Å². The second-order valence-corrected chi connectivity index (χ2v) is 8.26. The smallest absolute Gasteiger partial charge is 0.115 e. The molecule has 3 aromatic carbocycles. The average Bonchev–Trinajstić information content (AvgIpc) is 2.86. The van der Waals surface area contributed by atoms with Gasteiger partial charge in [-0.2, -0.15) is 0 Å². The Morgan fingerprint density at radius 2 is 0.727 bits per heavy atom. The molecule has 174 valence electrons. The van der Waals surface area contributed by atoms with E-state index in [0.29, 0.717) is 0 Å². The predicted molar refractivity (Wildman–Crippen MR) is 123 cm³/mol. The quantitative estimate of drug-likeness (QED) is 0.465. The Hall–Kier alpha value is -2.58. The first-order valence-electron chi connectivity index (χ1n) is 11.1. The number of ether oxygens (including phenoxy) is 3. The Bertz CT molecular complexity index is 952. The third kappa shape index (κ3) is 6.06. The fourth-order valence-electron chi connectivity index (χ4n) is 4.05. The minimum atomic E-state index is -1.33. The highest BCUT2D eigenvalue weighted by Crippen LogP contribution is 2.30. The van der Waals surface area contributed by atoms with Gasteiger partial charge in [-0.1, -0.05) is 91.0 Å². The molecule has 0 aromatic heterocycles. The van der Waals surface area contributed by atoms with E-state index < -0.39 is 36.6 Å². The highest BCUT2D eigenvalue weighted by atomic mass is 16.6. The number of aliphatic hydroxyl groups excluding tert-OH is 3. The SMILES string of the molecule is O[C@H]1[C@H](O)[C@@H](OCc2ccccc2)[C@@H](OCc2ccccc2)[C@@H](O)[C@@H]1OCc1ccccc1. The molecule has 3 aromatic rings. The molecule has 1 aliphatic rings. The normalized spacial score (nSPS) is 27.4. The molecular formula is C27H30O6. The van der Waals surface area contributed by atoms with Gasteiger partial charge in [-0.25, -0.2) is 0 Å². The number of benzene rings is 3. The minimum absolute atomic E-state index is 0.188. The van der Waals surface area contributed by atoms with Crippen LogP contribution in [0.2, 0.25) is 0 Å². The van der Waals surface area contributed by atoms with Crippen molar-refractivity contribution in [2.24, 2.45) is 0 Å². The molecule has 33 heavy (non-hydrogen) atoms. The lowest BCUT2D eigenvalue weighted by molar-refractivity contribution is -0.262. The third-order valence-corrected chi connectivity index (χ3v) is 5.88. The molecule has 6 nitrogen and oxygen atoms in total. The number of aliphatic hydroxyl groups is 3. The summed E-state index contributed by atoms with van der Waals surface area (Å²) in [6, 6.07) is 28.6. The van der Waals surface area contributed by atoms with Gasteiger partial charge in [0.25, 0.3) is 0 Å². The van der Waals surface area contributed by atoms with Crippen molar-refractivity contribution >= 4 is 0 Å². The highest BCUT2D eigenvalue weighted by Gasteiger charge is 2.51. The lowest BCUT2D eigenvalue weighted by Gasteiger charge is -2.45. The second-order valence-electron chi connectivity index (χ2n) is 8.26. The van der Waals surface area contributed by atoms with Crippen LogP contribution in [-0.2, 0) is 34.0 Å². The van der Waals surface area contributed by atoms with E-state index in [-0.39, 0.29) is 19.8 Å². The van der Waals surface area contributed by atoms with Crippen molar-refractivity contribution in [2.75, 3.05) is 0 Å². The van der Waals surface area contributed by atoms with Gasteiger partial charge in [0.15, 0.2) is 0 Å². The lowest BCUT2D eigenvalue weighted by atomic mass is 9.84. The molecule has 1 saturated carbocycles. The molecule has 0 unspecified atom stereocenters. The predicted octanol–water partition coefficient (Wildman–Crippen LogP) is 2.84. The first-order valence-corrected chi connectivity index (χ1v) is 11.1. The standard InChI is InChI=1S/C27H30O6/c28-22-23(29)26(32-17-20-12-6-2-7-13-20)27(33-18-21-14-8-3-9-15-21)24(30)25(22)31-16-19-10-4-1-5-11-19/h1-15,22-30H,16-18H2/t22-,23-,24-,25+,26+,27-/m0/s1. The molecule has 1 fully saturated rings. The van der Waals surface area contributed by atoms with Crippen molar-refractivity contribution in [3.05, 3.63) is 108 Å². The zero-order valence-electron chi connectivity index (χ0n) is 18.3. The van der Waals surface area contributed by atoms with Crippen molar-refractivity contribution in [1.82, 2.24) is 0 Å². The second kappa shape index (κ2) is 11.5. The Morgan fingerprint density at radius 1 is 0.424 bits per heavy atom. The van der Waals surface area contributed by atoms with Gasteiger partial charge >= 0.3 is 0 Å². The van der Waals surface area contributed by atoms with Crippen LogP contribution in [0.15, 0.2) is 91.0 Å². The summed E-state index contributed by atoms with van der Waals surface area (Å²) in [7, 11) is 0. The van der Waals surface area contributed by atoms with Crippen LogP contribution in [0.3, 0.4) is 0 Å². The van der Waals surface area contributed by atoms with Crippen molar-refractivity contribution in [2.45, 2.75) is 56.4 Å². The van der Waals surface area contributed by atoms with Crippen LogP contribution in [0, 0.1) is 0 Å². The van der Waals surface area contributed by atoms with Crippen LogP contribution in [0.1, 0.15) is 16.7 Å². The van der Waals surface area contributed by atoms with E-state index in [1.54, 1.807) is 0 Å². The van der Waals surface area contributed by atoms with E-state index in [4.69, 9.17) is 14.2 Å². The molecule has 1 aliphatic carbocycles. The van der Waals surface area contributed by atoms with Crippen molar-refractivity contribution in [3.63, 3.8) is 0 Å². The molecule has 0 aliphatic heterocycles. The zero-order chi connectivity index (χ0) is 23.0. The molecular weight excluding hydrogens is 420 g/mol. The van der Waals surface area contributed by atoms with Crippen LogP contribution < -0.4 is 0 Å². The average molecular weight is 451 g/mol. The van der Waals surface area contributed by atoms with Gasteiger partial charge in [0.1, 0.15) is 36.6 Å². The van der Waals surface area contributed by atoms with E-state index in [9.17, 15) is 15.3 Å². The molecule has 0 radical (unpaired) electrons. The lowest BCUT2D eigenvalue weighted by Crippen LogP contribution is -2.65. The van der Waals surface area contributed by atoms with Crippen LogP contribution >= 0.6 is 0 Å². The summed E-state index contributed by atoms with van der Waals surface area (Å²) >= 11 is 0.